The van der Waals surface area contributed by atoms with Gasteiger partial charge in [-0.3, -0.25) is 14.9 Å². The molecular formula is C17H16N6O4. The molecule has 0 saturated heterocycles. The van der Waals surface area contributed by atoms with E-state index in [2.05, 4.69) is 20.7 Å². The van der Waals surface area contributed by atoms with E-state index in [-0.39, 0.29) is 24.0 Å². The Morgan fingerprint density at radius 3 is 2.52 bits per heavy atom. The fourth-order valence-electron chi connectivity index (χ4n) is 2.29. The van der Waals surface area contributed by atoms with E-state index < -0.39 is 4.92 Å². The molecule has 3 aromatic rings. The molecule has 1 aromatic heterocycles. The van der Waals surface area contributed by atoms with Crippen molar-refractivity contribution >= 4 is 17.3 Å². The van der Waals surface area contributed by atoms with Gasteiger partial charge >= 0.3 is 0 Å². The number of amides is 1. The molecule has 138 valence electrons. The molecule has 1 N–H and O–H groups in total. The number of tetrazole rings is 1. The molecule has 1 heterocycles. The molecule has 0 bridgehead atoms. The lowest BCUT2D eigenvalue weighted by Crippen LogP contribution is -2.20. The van der Waals surface area contributed by atoms with Gasteiger partial charge in [0.25, 0.3) is 5.69 Å². The van der Waals surface area contributed by atoms with Crippen molar-refractivity contribution in [2.24, 2.45) is 0 Å². The quantitative estimate of drug-likeness (QED) is 0.501. The third-order valence-electron chi connectivity index (χ3n) is 3.52. The largest absolute Gasteiger partial charge is 0.494 e. The zero-order valence-corrected chi connectivity index (χ0v) is 14.4. The van der Waals surface area contributed by atoms with Gasteiger partial charge in [-0.25, -0.2) is 0 Å². The molecule has 10 nitrogen and oxygen atoms in total. The fourth-order valence-corrected chi connectivity index (χ4v) is 2.29. The molecule has 0 fully saturated rings. The minimum absolute atomic E-state index is 0.0270. The average Bonchev–Trinajstić information content (AvgIpc) is 3.12. The van der Waals surface area contributed by atoms with Gasteiger partial charge in [-0.15, -0.1) is 10.2 Å². The zero-order chi connectivity index (χ0) is 19.2. The van der Waals surface area contributed by atoms with E-state index in [0.717, 1.165) is 10.5 Å². The number of anilines is 1. The highest BCUT2D eigenvalue weighted by atomic mass is 16.6. The molecule has 0 aliphatic heterocycles. The maximum atomic E-state index is 12.1. The maximum absolute atomic E-state index is 12.1. The third-order valence-corrected chi connectivity index (χ3v) is 3.52. The molecule has 0 spiro atoms. The first-order valence-corrected chi connectivity index (χ1v) is 8.10. The number of benzene rings is 2. The smallest absolute Gasteiger partial charge is 0.269 e. The lowest BCUT2D eigenvalue weighted by atomic mass is 10.2. The molecule has 0 saturated carbocycles. The number of nitro groups is 1. The summed E-state index contributed by atoms with van der Waals surface area (Å²) in [6, 6.07) is 12.8. The van der Waals surface area contributed by atoms with Crippen LogP contribution in [0.1, 0.15) is 6.92 Å². The summed E-state index contributed by atoms with van der Waals surface area (Å²) in [5, 5.41) is 25.2. The fraction of sp³-hybridized carbons (Fsp3) is 0.176. The van der Waals surface area contributed by atoms with Crippen molar-refractivity contribution in [1.29, 1.82) is 0 Å². The Hall–Kier alpha value is -3.82. The van der Waals surface area contributed by atoms with E-state index in [9.17, 15) is 14.9 Å². The second-order valence-corrected chi connectivity index (χ2v) is 5.45. The number of rotatable bonds is 7. The van der Waals surface area contributed by atoms with Crippen LogP contribution in [0.2, 0.25) is 0 Å². The van der Waals surface area contributed by atoms with E-state index in [1.165, 1.54) is 24.3 Å². The molecule has 1 amide bonds. The highest BCUT2D eigenvalue weighted by molar-refractivity contribution is 5.90. The van der Waals surface area contributed by atoms with E-state index >= 15 is 0 Å². The summed E-state index contributed by atoms with van der Waals surface area (Å²) in [6.07, 6.45) is 0. The minimum Gasteiger partial charge on any atom is -0.494 e. The van der Waals surface area contributed by atoms with Crippen molar-refractivity contribution in [2.75, 3.05) is 11.9 Å². The molecular weight excluding hydrogens is 352 g/mol. The van der Waals surface area contributed by atoms with Gasteiger partial charge < -0.3 is 10.1 Å². The number of carbonyl (C=O) groups is 1. The predicted octanol–water partition coefficient (Wildman–Crippen LogP) is 2.29. The van der Waals surface area contributed by atoms with Crippen LogP contribution in [0.25, 0.3) is 11.4 Å². The minimum atomic E-state index is -0.487. The normalized spacial score (nSPS) is 10.4. The summed E-state index contributed by atoms with van der Waals surface area (Å²) in [4.78, 5) is 23.5. The number of hydrogen-bond acceptors (Lipinski definition) is 7. The second kappa shape index (κ2) is 8.04. The summed E-state index contributed by atoms with van der Waals surface area (Å²) in [5.41, 5.74) is 1.17. The number of nitrogens with one attached hydrogen (secondary N) is 1. The summed E-state index contributed by atoms with van der Waals surface area (Å²) in [5.74, 6) is 0.687. The van der Waals surface area contributed by atoms with Gasteiger partial charge in [-0.1, -0.05) is 0 Å². The van der Waals surface area contributed by atoms with Crippen LogP contribution in [0.4, 0.5) is 11.4 Å². The number of non-ortho nitro benzene ring substituents is 1. The zero-order valence-electron chi connectivity index (χ0n) is 14.4. The summed E-state index contributed by atoms with van der Waals surface area (Å²) < 4.78 is 5.34. The topological polar surface area (TPSA) is 125 Å². The number of hydrogen-bond donors (Lipinski definition) is 1. The Bertz CT molecular complexity index is 937. The first-order chi connectivity index (χ1) is 13.0. The Kier molecular flexibility index (Phi) is 5.36. The van der Waals surface area contributed by atoms with Crippen LogP contribution in [-0.4, -0.2) is 37.6 Å². The standard InChI is InChI=1S/C17H16N6O4/c1-2-27-15-9-5-13(6-10-15)18-16(24)11-22-20-17(19-21-22)12-3-7-14(8-4-12)23(25)26/h3-10H,2,11H2,1H3,(H,18,24). The van der Waals surface area contributed by atoms with Gasteiger partial charge in [0.1, 0.15) is 12.3 Å². The van der Waals surface area contributed by atoms with E-state index in [1.54, 1.807) is 24.3 Å². The monoisotopic (exact) mass is 368 g/mol. The molecule has 27 heavy (non-hydrogen) atoms. The van der Waals surface area contributed by atoms with Crippen LogP contribution in [0.5, 0.6) is 5.75 Å². The van der Waals surface area contributed by atoms with Crippen LogP contribution >= 0.6 is 0 Å². The molecule has 10 heteroatoms. The number of aromatic nitrogens is 4. The van der Waals surface area contributed by atoms with Crippen molar-refractivity contribution < 1.29 is 14.5 Å². The van der Waals surface area contributed by atoms with E-state index in [4.69, 9.17) is 4.74 Å². The van der Waals surface area contributed by atoms with Gasteiger partial charge in [0, 0.05) is 23.4 Å². The van der Waals surface area contributed by atoms with E-state index in [0.29, 0.717) is 17.9 Å². The number of nitro benzene ring substituents is 1. The molecule has 0 atom stereocenters. The Morgan fingerprint density at radius 2 is 1.89 bits per heavy atom. The summed E-state index contributed by atoms with van der Waals surface area (Å²) in [6.45, 7) is 2.35. The first kappa shape index (κ1) is 18.0. The van der Waals surface area contributed by atoms with Crippen LogP contribution in [0.15, 0.2) is 48.5 Å². The van der Waals surface area contributed by atoms with Gasteiger partial charge in [0.2, 0.25) is 11.7 Å². The average molecular weight is 368 g/mol. The van der Waals surface area contributed by atoms with Crippen molar-refractivity contribution in [3.63, 3.8) is 0 Å². The summed E-state index contributed by atoms with van der Waals surface area (Å²) in [7, 11) is 0. The second-order valence-electron chi connectivity index (χ2n) is 5.45. The first-order valence-electron chi connectivity index (χ1n) is 8.10. The Balaban J connectivity index is 1.61. The molecule has 0 radical (unpaired) electrons. The lowest BCUT2D eigenvalue weighted by Gasteiger charge is -2.06. The van der Waals surface area contributed by atoms with Gasteiger partial charge in [-0.2, -0.15) is 4.80 Å². The van der Waals surface area contributed by atoms with Crippen LogP contribution in [0.3, 0.4) is 0 Å². The lowest BCUT2D eigenvalue weighted by molar-refractivity contribution is -0.384. The molecule has 0 aliphatic rings. The van der Waals surface area contributed by atoms with Crippen molar-refractivity contribution in [1.82, 2.24) is 20.2 Å². The summed E-state index contributed by atoms with van der Waals surface area (Å²) >= 11 is 0. The Labute approximate surface area is 153 Å². The third kappa shape index (κ3) is 4.63. The van der Waals surface area contributed by atoms with Crippen molar-refractivity contribution in [3.8, 4) is 17.1 Å². The highest BCUT2D eigenvalue weighted by Crippen LogP contribution is 2.18. The van der Waals surface area contributed by atoms with Gasteiger partial charge in [0.15, 0.2) is 0 Å². The van der Waals surface area contributed by atoms with Gasteiger partial charge in [-0.05, 0) is 48.5 Å². The van der Waals surface area contributed by atoms with E-state index in [1.807, 2.05) is 6.92 Å². The maximum Gasteiger partial charge on any atom is 0.269 e. The molecule has 3 rings (SSSR count). The Morgan fingerprint density at radius 1 is 1.19 bits per heavy atom. The molecule has 2 aromatic carbocycles. The number of carbonyl (C=O) groups excluding carboxylic acids is 1. The van der Waals surface area contributed by atoms with Crippen molar-refractivity contribution in [3.05, 3.63) is 58.6 Å². The highest BCUT2D eigenvalue weighted by Gasteiger charge is 2.11. The van der Waals surface area contributed by atoms with Crippen LogP contribution < -0.4 is 10.1 Å². The van der Waals surface area contributed by atoms with Crippen LogP contribution in [0, 0.1) is 10.1 Å². The molecule has 0 unspecified atom stereocenters. The SMILES string of the molecule is CCOc1ccc(NC(=O)Cn2nnc(-c3ccc([N+](=O)[O-])cc3)n2)cc1. The number of ether oxygens (including phenoxy) is 1. The van der Waals surface area contributed by atoms with Crippen LogP contribution in [-0.2, 0) is 11.3 Å². The number of nitrogens with zero attached hydrogens (tertiary/aromatic N) is 5. The predicted molar refractivity (Wildman–Crippen MR) is 96.1 cm³/mol. The molecule has 0 aliphatic carbocycles. The van der Waals surface area contributed by atoms with Crippen molar-refractivity contribution in [2.45, 2.75) is 13.5 Å². The van der Waals surface area contributed by atoms with Gasteiger partial charge in [0.05, 0.1) is 11.5 Å².